The Morgan fingerprint density at radius 2 is 2.50 bits per heavy atom. The Bertz CT molecular complexity index is 380. The van der Waals surface area contributed by atoms with Crippen LogP contribution in [-0.2, 0) is 0 Å². The van der Waals surface area contributed by atoms with Crippen LogP contribution in [0.5, 0.6) is 0 Å². The van der Waals surface area contributed by atoms with Crippen molar-refractivity contribution in [3.63, 3.8) is 0 Å². The number of hydrogen-bond donors (Lipinski definition) is 1. The first-order valence-corrected chi connectivity index (χ1v) is 6.39. The van der Waals surface area contributed by atoms with E-state index >= 15 is 0 Å². The van der Waals surface area contributed by atoms with Crippen LogP contribution in [0.15, 0.2) is 18.2 Å². The lowest BCUT2D eigenvalue weighted by atomic mass is 10.1. The Kier molecular flexibility index (Phi) is 3.77. The van der Waals surface area contributed by atoms with Crippen LogP contribution in [0, 0.1) is 11.9 Å². The van der Waals surface area contributed by atoms with Gasteiger partial charge in [-0.3, -0.25) is 4.79 Å². The minimum Gasteiger partial charge on any atom is -0.350 e. The molecule has 5 heteroatoms. The fourth-order valence-corrected chi connectivity index (χ4v) is 2.89. The Balaban J connectivity index is 1.87. The summed E-state index contributed by atoms with van der Waals surface area (Å²) in [6.45, 7) is 0.657. The summed E-state index contributed by atoms with van der Waals surface area (Å²) in [5.41, 5.74) is 0.144. The molecular formula is C11H13FN2OS. The van der Waals surface area contributed by atoms with E-state index in [0.717, 1.165) is 12.2 Å². The largest absolute Gasteiger partial charge is 0.350 e. The van der Waals surface area contributed by atoms with Crippen molar-refractivity contribution in [1.82, 2.24) is 10.3 Å². The van der Waals surface area contributed by atoms with E-state index in [-0.39, 0.29) is 11.6 Å². The number of carbonyl (C=O) groups is 1. The first kappa shape index (κ1) is 11.4. The highest BCUT2D eigenvalue weighted by Gasteiger charge is 2.17. The van der Waals surface area contributed by atoms with Crippen molar-refractivity contribution in [3.05, 3.63) is 29.8 Å². The summed E-state index contributed by atoms with van der Waals surface area (Å²) >= 11 is 1.91. The van der Waals surface area contributed by atoms with Crippen LogP contribution >= 0.6 is 11.8 Å². The minimum atomic E-state index is -0.621. The van der Waals surface area contributed by atoms with E-state index in [1.165, 1.54) is 24.0 Å². The van der Waals surface area contributed by atoms with Gasteiger partial charge in [-0.2, -0.15) is 16.2 Å². The summed E-state index contributed by atoms with van der Waals surface area (Å²) in [6.07, 6.45) is 1.14. The third-order valence-electron chi connectivity index (χ3n) is 2.52. The van der Waals surface area contributed by atoms with Gasteiger partial charge in [0.05, 0.1) is 0 Å². The molecule has 1 aromatic rings. The molecule has 0 bridgehead atoms. The Labute approximate surface area is 97.8 Å². The molecule has 0 spiro atoms. The van der Waals surface area contributed by atoms with E-state index in [1.54, 1.807) is 0 Å². The lowest BCUT2D eigenvalue weighted by molar-refractivity contribution is 0.0942. The van der Waals surface area contributed by atoms with Gasteiger partial charge >= 0.3 is 0 Å². The van der Waals surface area contributed by atoms with Crippen molar-refractivity contribution in [1.29, 1.82) is 0 Å². The van der Waals surface area contributed by atoms with Gasteiger partial charge in [0.1, 0.15) is 5.69 Å². The average molecular weight is 240 g/mol. The predicted molar refractivity (Wildman–Crippen MR) is 62.0 cm³/mol. The average Bonchev–Trinajstić information content (AvgIpc) is 2.78. The van der Waals surface area contributed by atoms with E-state index in [1.807, 2.05) is 11.8 Å². The summed E-state index contributed by atoms with van der Waals surface area (Å²) in [7, 11) is 0. The molecule has 1 unspecified atom stereocenters. The second-order valence-corrected chi connectivity index (χ2v) is 4.94. The van der Waals surface area contributed by atoms with Gasteiger partial charge in [-0.1, -0.05) is 6.07 Å². The number of thioether (sulfide) groups is 1. The molecule has 2 heterocycles. The van der Waals surface area contributed by atoms with Gasteiger partial charge in [-0.15, -0.1) is 0 Å². The second-order valence-electron chi connectivity index (χ2n) is 3.79. The lowest BCUT2D eigenvalue weighted by Gasteiger charge is -2.09. The second kappa shape index (κ2) is 5.30. The van der Waals surface area contributed by atoms with E-state index in [2.05, 4.69) is 10.3 Å². The molecule has 86 valence electrons. The fraction of sp³-hybridized carbons (Fsp3) is 0.455. The van der Waals surface area contributed by atoms with Crippen LogP contribution in [0.4, 0.5) is 4.39 Å². The molecule has 2 rings (SSSR count). The first-order valence-electron chi connectivity index (χ1n) is 5.24. The van der Waals surface area contributed by atoms with Gasteiger partial charge in [0.2, 0.25) is 5.95 Å². The molecule has 0 saturated carbocycles. The maximum absolute atomic E-state index is 12.8. The Hall–Kier alpha value is -1.10. The highest BCUT2D eigenvalue weighted by molar-refractivity contribution is 7.99. The number of nitrogens with zero attached hydrogens (tertiary/aromatic N) is 1. The summed E-state index contributed by atoms with van der Waals surface area (Å²) in [5, 5.41) is 2.79. The van der Waals surface area contributed by atoms with Crippen molar-refractivity contribution in [2.45, 2.75) is 6.42 Å². The lowest BCUT2D eigenvalue weighted by Crippen LogP contribution is -2.30. The topological polar surface area (TPSA) is 42.0 Å². The Morgan fingerprint density at radius 1 is 1.62 bits per heavy atom. The highest BCUT2D eigenvalue weighted by Crippen LogP contribution is 2.22. The van der Waals surface area contributed by atoms with Crippen LogP contribution in [0.3, 0.4) is 0 Å². The van der Waals surface area contributed by atoms with E-state index < -0.39 is 5.95 Å². The molecule has 1 saturated heterocycles. The molecule has 16 heavy (non-hydrogen) atoms. The van der Waals surface area contributed by atoms with Crippen molar-refractivity contribution in [2.24, 2.45) is 5.92 Å². The van der Waals surface area contributed by atoms with E-state index in [4.69, 9.17) is 0 Å². The number of carbonyl (C=O) groups excluding carboxylic acids is 1. The molecule has 1 fully saturated rings. The minimum absolute atomic E-state index is 0.144. The van der Waals surface area contributed by atoms with Crippen molar-refractivity contribution in [3.8, 4) is 0 Å². The van der Waals surface area contributed by atoms with Gasteiger partial charge in [-0.25, -0.2) is 4.98 Å². The summed E-state index contributed by atoms with van der Waals surface area (Å²) < 4.78 is 12.8. The molecule has 1 atom stereocenters. The van der Waals surface area contributed by atoms with Gasteiger partial charge in [0.25, 0.3) is 5.91 Å². The van der Waals surface area contributed by atoms with Crippen LogP contribution in [-0.4, -0.2) is 28.9 Å². The third kappa shape index (κ3) is 2.95. The summed E-state index contributed by atoms with van der Waals surface area (Å²) in [6, 6.07) is 4.23. The maximum atomic E-state index is 12.8. The molecule has 1 amide bonds. The molecule has 0 aromatic carbocycles. The zero-order chi connectivity index (χ0) is 11.4. The molecule has 1 aliphatic rings. The first-order chi connectivity index (χ1) is 7.75. The van der Waals surface area contributed by atoms with Crippen LogP contribution in [0.25, 0.3) is 0 Å². The predicted octanol–water partition coefficient (Wildman–Crippen LogP) is 1.70. The monoisotopic (exact) mass is 240 g/mol. The molecule has 1 N–H and O–H groups in total. The van der Waals surface area contributed by atoms with Crippen LogP contribution in [0.1, 0.15) is 16.9 Å². The normalized spacial score (nSPS) is 19.7. The highest BCUT2D eigenvalue weighted by atomic mass is 32.2. The van der Waals surface area contributed by atoms with E-state index in [9.17, 15) is 9.18 Å². The quantitative estimate of drug-likeness (QED) is 0.818. The van der Waals surface area contributed by atoms with Gasteiger partial charge < -0.3 is 5.32 Å². The van der Waals surface area contributed by atoms with Gasteiger partial charge in [0, 0.05) is 6.54 Å². The number of aromatic nitrogens is 1. The van der Waals surface area contributed by atoms with Gasteiger partial charge in [0.15, 0.2) is 0 Å². The molecule has 1 aromatic heterocycles. The number of amides is 1. The van der Waals surface area contributed by atoms with Crippen molar-refractivity contribution < 1.29 is 9.18 Å². The zero-order valence-electron chi connectivity index (χ0n) is 8.78. The standard InChI is InChI=1S/C11H13FN2OS/c12-10-3-1-2-9(14-10)11(15)13-6-8-4-5-16-7-8/h1-3,8H,4-7H2,(H,13,15). The third-order valence-corrected chi connectivity index (χ3v) is 3.75. The number of nitrogens with one attached hydrogen (secondary N) is 1. The fourth-order valence-electron chi connectivity index (χ4n) is 1.61. The number of rotatable bonds is 3. The van der Waals surface area contributed by atoms with Crippen molar-refractivity contribution >= 4 is 17.7 Å². The molecule has 0 radical (unpaired) electrons. The molecule has 3 nitrogen and oxygen atoms in total. The molecule has 0 aliphatic carbocycles. The van der Waals surface area contributed by atoms with E-state index in [0.29, 0.717) is 12.5 Å². The summed E-state index contributed by atoms with van der Waals surface area (Å²) in [5.74, 6) is 1.89. The zero-order valence-corrected chi connectivity index (χ0v) is 9.60. The smallest absolute Gasteiger partial charge is 0.270 e. The molecular weight excluding hydrogens is 227 g/mol. The Morgan fingerprint density at radius 3 is 3.19 bits per heavy atom. The summed E-state index contributed by atoms with van der Waals surface area (Å²) in [4.78, 5) is 15.1. The number of pyridine rings is 1. The molecule has 1 aliphatic heterocycles. The van der Waals surface area contributed by atoms with Gasteiger partial charge in [-0.05, 0) is 36.0 Å². The number of hydrogen-bond acceptors (Lipinski definition) is 3. The SMILES string of the molecule is O=C(NCC1CCSC1)c1cccc(F)n1. The van der Waals surface area contributed by atoms with Crippen molar-refractivity contribution in [2.75, 3.05) is 18.1 Å². The maximum Gasteiger partial charge on any atom is 0.270 e. The van der Waals surface area contributed by atoms with Crippen LogP contribution < -0.4 is 5.32 Å². The van der Waals surface area contributed by atoms with Crippen LogP contribution in [0.2, 0.25) is 0 Å². The number of halogens is 1.